The Morgan fingerprint density at radius 2 is 1.42 bits per heavy atom. The molecular formula is C19H35N5O7. The van der Waals surface area contributed by atoms with Gasteiger partial charge in [-0.05, 0) is 38.6 Å². The Bertz CT molecular complexity index is 641. The predicted octanol–water partition coefficient (Wildman–Crippen LogP) is -1.48. The van der Waals surface area contributed by atoms with Crippen LogP contribution in [-0.2, 0) is 24.0 Å². The van der Waals surface area contributed by atoms with Crippen LogP contribution in [0, 0.1) is 5.92 Å². The first-order chi connectivity index (χ1) is 14.4. The molecule has 12 nitrogen and oxygen atoms in total. The number of carboxylic acids is 2. The summed E-state index contributed by atoms with van der Waals surface area (Å²) >= 11 is 0. The molecule has 9 N–H and O–H groups in total. The van der Waals surface area contributed by atoms with Crippen LogP contribution in [0.2, 0.25) is 0 Å². The molecule has 0 heterocycles. The van der Waals surface area contributed by atoms with E-state index < -0.39 is 60.2 Å². The molecule has 5 unspecified atom stereocenters. The second-order valence-electron chi connectivity index (χ2n) is 7.50. The van der Waals surface area contributed by atoms with E-state index in [1.807, 2.05) is 0 Å². The van der Waals surface area contributed by atoms with Crippen molar-refractivity contribution >= 4 is 29.7 Å². The molecule has 0 aromatic heterocycles. The van der Waals surface area contributed by atoms with E-state index in [-0.39, 0.29) is 12.3 Å². The molecule has 178 valence electrons. The number of nitrogens with two attached hydrogens (primary N) is 2. The average Bonchev–Trinajstić information content (AvgIpc) is 2.69. The fraction of sp³-hybridized carbons (Fsp3) is 0.737. The SMILES string of the molecule is CCC(C)C(NC(=O)C(CCCCN)NC(=O)C(CC(=O)O)NC(=O)C(C)N)C(=O)O. The molecule has 3 amide bonds. The summed E-state index contributed by atoms with van der Waals surface area (Å²) in [5, 5.41) is 25.5. The molecule has 0 bridgehead atoms. The minimum absolute atomic E-state index is 0.155. The number of aliphatic carboxylic acids is 2. The van der Waals surface area contributed by atoms with Crippen LogP contribution in [0.15, 0.2) is 0 Å². The molecule has 0 saturated carbocycles. The quantitative estimate of drug-likeness (QED) is 0.146. The summed E-state index contributed by atoms with van der Waals surface area (Å²) in [5.74, 6) is -5.23. The number of hydrogen-bond donors (Lipinski definition) is 7. The number of unbranched alkanes of at least 4 members (excludes halogenated alkanes) is 1. The predicted molar refractivity (Wildman–Crippen MR) is 112 cm³/mol. The zero-order valence-electron chi connectivity index (χ0n) is 18.2. The highest BCUT2D eigenvalue weighted by Crippen LogP contribution is 2.10. The maximum atomic E-state index is 12.7. The van der Waals surface area contributed by atoms with Gasteiger partial charge in [-0.1, -0.05) is 20.3 Å². The Morgan fingerprint density at radius 1 is 0.871 bits per heavy atom. The molecule has 0 aliphatic rings. The molecule has 0 radical (unpaired) electrons. The van der Waals surface area contributed by atoms with E-state index in [0.717, 1.165) is 0 Å². The van der Waals surface area contributed by atoms with Crippen molar-refractivity contribution < 1.29 is 34.2 Å². The highest BCUT2D eigenvalue weighted by Gasteiger charge is 2.32. The standard InChI is InChI=1S/C19H35N5O7/c1-4-10(2)15(19(30)31)24-17(28)12(7-5-6-8-20)22-18(29)13(9-14(25)26)23-16(27)11(3)21/h10-13,15H,4-9,20-21H2,1-3H3,(H,22,29)(H,23,27)(H,24,28)(H,25,26)(H,30,31). The second kappa shape index (κ2) is 14.3. The first kappa shape index (κ1) is 28.3. The molecule has 0 aromatic carbocycles. The number of amides is 3. The lowest BCUT2D eigenvalue weighted by atomic mass is 9.98. The van der Waals surface area contributed by atoms with Gasteiger partial charge in [-0.25, -0.2) is 4.79 Å². The van der Waals surface area contributed by atoms with Gasteiger partial charge in [0.1, 0.15) is 18.1 Å². The molecule has 0 fully saturated rings. The van der Waals surface area contributed by atoms with Gasteiger partial charge in [0.05, 0.1) is 12.5 Å². The maximum absolute atomic E-state index is 12.7. The fourth-order valence-electron chi connectivity index (χ4n) is 2.66. The fourth-order valence-corrected chi connectivity index (χ4v) is 2.66. The van der Waals surface area contributed by atoms with Gasteiger partial charge in [-0.3, -0.25) is 19.2 Å². The number of carbonyl (C=O) groups is 5. The van der Waals surface area contributed by atoms with Crippen molar-refractivity contribution in [2.24, 2.45) is 17.4 Å². The largest absolute Gasteiger partial charge is 0.481 e. The molecule has 0 aliphatic heterocycles. The summed E-state index contributed by atoms with van der Waals surface area (Å²) in [5.41, 5.74) is 10.9. The van der Waals surface area contributed by atoms with Gasteiger partial charge in [0.15, 0.2) is 0 Å². The zero-order valence-corrected chi connectivity index (χ0v) is 18.2. The second-order valence-corrected chi connectivity index (χ2v) is 7.50. The third-order valence-electron chi connectivity index (χ3n) is 4.78. The summed E-state index contributed by atoms with van der Waals surface area (Å²) < 4.78 is 0. The molecule has 5 atom stereocenters. The Kier molecular flexibility index (Phi) is 13.0. The van der Waals surface area contributed by atoms with Crippen LogP contribution < -0.4 is 27.4 Å². The first-order valence-electron chi connectivity index (χ1n) is 10.3. The van der Waals surface area contributed by atoms with Crippen LogP contribution in [0.25, 0.3) is 0 Å². The summed E-state index contributed by atoms with van der Waals surface area (Å²) in [6, 6.07) is -4.71. The van der Waals surface area contributed by atoms with Crippen molar-refractivity contribution in [3.63, 3.8) is 0 Å². The number of carboxylic acid groups (broad SMARTS) is 2. The molecule has 0 spiro atoms. The molecule has 31 heavy (non-hydrogen) atoms. The van der Waals surface area contributed by atoms with E-state index in [4.69, 9.17) is 16.6 Å². The summed E-state index contributed by atoms with van der Waals surface area (Å²) in [4.78, 5) is 59.8. The number of rotatable bonds is 15. The molecule has 0 aliphatic carbocycles. The lowest BCUT2D eigenvalue weighted by Crippen LogP contribution is -2.57. The highest BCUT2D eigenvalue weighted by atomic mass is 16.4. The highest BCUT2D eigenvalue weighted by molar-refractivity contribution is 5.95. The van der Waals surface area contributed by atoms with E-state index in [1.54, 1.807) is 13.8 Å². The van der Waals surface area contributed by atoms with Gasteiger partial charge in [-0.15, -0.1) is 0 Å². The van der Waals surface area contributed by atoms with Gasteiger partial charge in [0.25, 0.3) is 0 Å². The zero-order chi connectivity index (χ0) is 24.1. The van der Waals surface area contributed by atoms with Crippen LogP contribution in [0.3, 0.4) is 0 Å². The van der Waals surface area contributed by atoms with Gasteiger partial charge in [0, 0.05) is 0 Å². The van der Waals surface area contributed by atoms with Crippen molar-refractivity contribution in [2.45, 2.75) is 77.0 Å². The third-order valence-corrected chi connectivity index (χ3v) is 4.78. The summed E-state index contributed by atoms with van der Waals surface area (Å²) in [6.45, 7) is 5.19. The summed E-state index contributed by atoms with van der Waals surface area (Å²) in [7, 11) is 0. The van der Waals surface area contributed by atoms with Crippen LogP contribution >= 0.6 is 0 Å². The molecule has 0 rings (SSSR count). The Hall–Kier alpha value is -2.73. The van der Waals surface area contributed by atoms with Crippen molar-refractivity contribution in [2.75, 3.05) is 6.54 Å². The lowest BCUT2D eigenvalue weighted by Gasteiger charge is -2.26. The molecule has 0 saturated heterocycles. The molecule has 0 aromatic rings. The van der Waals surface area contributed by atoms with E-state index in [1.165, 1.54) is 6.92 Å². The smallest absolute Gasteiger partial charge is 0.326 e. The minimum atomic E-state index is -1.45. The van der Waals surface area contributed by atoms with E-state index in [9.17, 15) is 29.1 Å². The van der Waals surface area contributed by atoms with E-state index >= 15 is 0 Å². The topological polar surface area (TPSA) is 214 Å². The summed E-state index contributed by atoms with van der Waals surface area (Å²) in [6.07, 6.45) is 0.971. The van der Waals surface area contributed by atoms with Crippen molar-refractivity contribution in [3.8, 4) is 0 Å². The lowest BCUT2D eigenvalue weighted by molar-refractivity contribution is -0.144. The van der Waals surface area contributed by atoms with Crippen molar-refractivity contribution in [3.05, 3.63) is 0 Å². The maximum Gasteiger partial charge on any atom is 0.326 e. The monoisotopic (exact) mass is 445 g/mol. The first-order valence-corrected chi connectivity index (χ1v) is 10.3. The van der Waals surface area contributed by atoms with Crippen LogP contribution in [-0.4, -0.2) is 70.6 Å². The third kappa shape index (κ3) is 10.7. The Labute approximate surface area is 181 Å². The van der Waals surface area contributed by atoms with Gasteiger partial charge >= 0.3 is 11.9 Å². The Balaban J connectivity index is 5.50. The van der Waals surface area contributed by atoms with Crippen LogP contribution in [0.5, 0.6) is 0 Å². The van der Waals surface area contributed by atoms with Crippen molar-refractivity contribution in [1.82, 2.24) is 16.0 Å². The Morgan fingerprint density at radius 3 is 1.87 bits per heavy atom. The van der Waals surface area contributed by atoms with Gasteiger partial charge in [-0.2, -0.15) is 0 Å². The van der Waals surface area contributed by atoms with Gasteiger partial charge in [0.2, 0.25) is 17.7 Å². The van der Waals surface area contributed by atoms with Crippen LogP contribution in [0.4, 0.5) is 0 Å². The van der Waals surface area contributed by atoms with Crippen molar-refractivity contribution in [1.29, 1.82) is 0 Å². The van der Waals surface area contributed by atoms with Crippen LogP contribution in [0.1, 0.15) is 52.9 Å². The minimum Gasteiger partial charge on any atom is -0.481 e. The number of hydrogen-bond acceptors (Lipinski definition) is 7. The molecule has 12 heteroatoms. The van der Waals surface area contributed by atoms with Gasteiger partial charge < -0.3 is 37.6 Å². The average molecular weight is 446 g/mol. The number of carbonyl (C=O) groups excluding carboxylic acids is 3. The number of nitrogens with one attached hydrogen (secondary N) is 3. The normalized spacial score (nSPS) is 15.6. The van der Waals surface area contributed by atoms with E-state index in [2.05, 4.69) is 16.0 Å². The molecular weight excluding hydrogens is 410 g/mol. The van der Waals surface area contributed by atoms with E-state index in [0.29, 0.717) is 25.8 Å².